The van der Waals surface area contributed by atoms with Gasteiger partial charge in [0, 0.05) is 23.5 Å². The quantitative estimate of drug-likeness (QED) is 0.224. The first kappa shape index (κ1) is 23.3. The van der Waals surface area contributed by atoms with Crippen LogP contribution in [0.3, 0.4) is 0 Å². The number of rotatable bonds is 8. The number of nitrogens with one attached hydrogen (secondary N) is 3. The zero-order valence-electron chi connectivity index (χ0n) is 19.6. The Hall–Kier alpha value is -4.41. The van der Waals surface area contributed by atoms with Gasteiger partial charge in [-0.1, -0.05) is 84.4 Å². The van der Waals surface area contributed by atoms with E-state index in [2.05, 4.69) is 56.2 Å². The first-order valence-corrected chi connectivity index (χ1v) is 12.1. The lowest BCUT2D eigenvalue weighted by atomic mass is 10.0. The predicted octanol–water partition coefficient (Wildman–Crippen LogP) is 6.64. The van der Waals surface area contributed by atoms with Crippen LogP contribution in [0.5, 0.6) is 0 Å². The third-order valence-corrected chi connectivity index (χ3v) is 6.44. The van der Waals surface area contributed by atoms with Gasteiger partial charge in [-0.25, -0.2) is 0 Å². The van der Waals surface area contributed by atoms with E-state index in [1.54, 1.807) is 12.4 Å². The molecule has 0 unspecified atom stereocenters. The number of halogens is 1. The van der Waals surface area contributed by atoms with Crippen molar-refractivity contribution in [1.82, 2.24) is 20.4 Å². The molecule has 0 aliphatic rings. The molecule has 0 bridgehead atoms. The Balaban J connectivity index is 1.60. The van der Waals surface area contributed by atoms with Crippen LogP contribution in [0.4, 0.5) is 11.4 Å². The van der Waals surface area contributed by atoms with Gasteiger partial charge in [0.2, 0.25) is 0 Å². The van der Waals surface area contributed by atoms with E-state index >= 15 is 0 Å². The molecule has 0 aliphatic carbocycles. The molecule has 2 heterocycles. The van der Waals surface area contributed by atoms with Crippen molar-refractivity contribution in [3.8, 4) is 6.07 Å². The lowest BCUT2D eigenvalue weighted by molar-refractivity contribution is 0.750. The van der Waals surface area contributed by atoms with Crippen molar-refractivity contribution in [1.29, 1.82) is 5.26 Å². The molecule has 0 saturated heterocycles. The molecule has 3 N–H and O–H groups in total. The molecular formula is C28H24ClN7. The van der Waals surface area contributed by atoms with Crippen molar-refractivity contribution in [2.24, 2.45) is 0 Å². The Morgan fingerprint density at radius 2 is 1.72 bits per heavy atom. The number of pyridine rings is 1. The number of benzene rings is 3. The van der Waals surface area contributed by atoms with Crippen LogP contribution in [0.15, 0.2) is 85.2 Å². The number of aromatic amines is 1. The van der Waals surface area contributed by atoms with Crippen LogP contribution in [0, 0.1) is 11.3 Å². The Kier molecular flexibility index (Phi) is 6.78. The van der Waals surface area contributed by atoms with Crippen LogP contribution in [-0.2, 0) is 0 Å². The fourth-order valence-corrected chi connectivity index (χ4v) is 4.62. The highest BCUT2D eigenvalue weighted by molar-refractivity contribution is 6.35. The summed E-state index contributed by atoms with van der Waals surface area (Å²) in [7, 11) is 0. The number of hydrogen-bond acceptors (Lipinski definition) is 6. The normalized spacial score (nSPS) is 12.6. The minimum absolute atomic E-state index is 0.0199. The molecule has 5 rings (SSSR count). The Morgan fingerprint density at radius 1 is 1.00 bits per heavy atom. The highest BCUT2D eigenvalue weighted by atomic mass is 35.5. The maximum absolute atomic E-state index is 9.89. The SMILES string of the molecule is CC[C@@H](Nc1c(C#N)cnc2c(Cl)cc(N[C@@H](c3ccccc3)c3c[nH]nn3)cc12)c1ccccc1. The van der Waals surface area contributed by atoms with Crippen LogP contribution in [0.1, 0.15) is 47.8 Å². The van der Waals surface area contributed by atoms with Crippen molar-refractivity contribution in [2.75, 3.05) is 10.6 Å². The lowest BCUT2D eigenvalue weighted by Crippen LogP contribution is -2.14. The van der Waals surface area contributed by atoms with Crippen molar-refractivity contribution < 1.29 is 0 Å². The molecule has 5 aromatic rings. The van der Waals surface area contributed by atoms with E-state index in [1.807, 2.05) is 60.7 Å². The van der Waals surface area contributed by atoms with E-state index in [0.717, 1.165) is 34.3 Å². The van der Waals surface area contributed by atoms with Crippen molar-refractivity contribution in [3.05, 3.63) is 113 Å². The third-order valence-electron chi connectivity index (χ3n) is 6.15. The summed E-state index contributed by atoms with van der Waals surface area (Å²) in [6.07, 6.45) is 4.18. The topological polar surface area (TPSA) is 102 Å². The number of nitrogens with zero attached hydrogens (tertiary/aromatic N) is 4. The van der Waals surface area contributed by atoms with Gasteiger partial charge in [-0.2, -0.15) is 5.26 Å². The summed E-state index contributed by atoms with van der Waals surface area (Å²) in [5.41, 5.74) is 5.49. The number of fused-ring (bicyclic) bond motifs is 1. The number of aromatic nitrogens is 4. The number of anilines is 2. The molecule has 8 heteroatoms. The minimum atomic E-state index is -0.255. The summed E-state index contributed by atoms with van der Waals surface area (Å²) in [4.78, 5) is 4.50. The molecule has 0 saturated carbocycles. The number of hydrogen-bond donors (Lipinski definition) is 3. The molecule has 7 nitrogen and oxygen atoms in total. The number of nitriles is 1. The molecule has 178 valence electrons. The average molecular weight is 494 g/mol. The molecule has 0 spiro atoms. The van der Waals surface area contributed by atoms with Gasteiger partial charge in [-0.15, -0.1) is 5.10 Å². The van der Waals surface area contributed by atoms with E-state index in [9.17, 15) is 5.26 Å². The fourth-order valence-electron chi connectivity index (χ4n) is 4.36. The standard InChI is InChI=1S/C28H24ClN7/c1-2-24(18-9-5-3-6-10-18)34-26-20(15-30)16-31-28-22(26)13-21(14-23(28)29)33-27(25-17-32-36-35-25)19-11-7-4-8-12-19/h3-14,16-17,24,27,33H,2H2,1H3,(H,31,34)(H,32,35,36)/t24-,27+/m1/s1. The zero-order chi connectivity index (χ0) is 24.9. The highest BCUT2D eigenvalue weighted by Gasteiger charge is 2.20. The molecular weight excluding hydrogens is 470 g/mol. The fraction of sp³-hybridized carbons (Fsp3) is 0.143. The molecule has 2 atom stereocenters. The second-order valence-corrected chi connectivity index (χ2v) is 8.82. The first-order valence-electron chi connectivity index (χ1n) is 11.7. The van der Waals surface area contributed by atoms with Crippen LogP contribution in [0.25, 0.3) is 10.9 Å². The van der Waals surface area contributed by atoms with Gasteiger partial charge >= 0.3 is 0 Å². The Labute approximate surface area is 214 Å². The first-order chi connectivity index (χ1) is 17.7. The van der Waals surface area contributed by atoms with E-state index < -0.39 is 0 Å². The average Bonchev–Trinajstić information content (AvgIpc) is 3.46. The predicted molar refractivity (Wildman–Crippen MR) is 143 cm³/mol. The van der Waals surface area contributed by atoms with Gasteiger partial charge in [0.05, 0.1) is 33.9 Å². The van der Waals surface area contributed by atoms with Gasteiger partial charge in [-0.05, 0) is 29.7 Å². The summed E-state index contributed by atoms with van der Waals surface area (Å²) in [5, 5.41) is 29.2. The molecule has 2 aromatic heterocycles. The van der Waals surface area contributed by atoms with E-state index in [-0.39, 0.29) is 12.1 Å². The second kappa shape index (κ2) is 10.5. The van der Waals surface area contributed by atoms with Gasteiger partial charge in [0.25, 0.3) is 0 Å². The molecule has 36 heavy (non-hydrogen) atoms. The summed E-state index contributed by atoms with van der Waals surface area (Å²) in [5.74, 6) is 0. The lowest BCUT2D eigenvalue weighted by Gasteiger charge is -2.22. The van der Waals surface area contributed by atoms with Gasteiger partial charge < -0.3 is 10.6 Å². The number of H-pyrrole nitrogens is 1. The molecule has 0 fully saturated rings. The van der Waals surface area contributed by atoms with Gasteiger partial charge in [0.1, 0.15) is 11.8 Å². The maximum atomic E-state index is 9.89. The van der Waals surface area contributed by atoms with Crippen LogP contribution in [0.2, 0.25) is 5.02 Å². The van der Waals surface area contributed by atoms with Crippen LogP contribution >= 0.6 is 11.6 Å². The largest absolute Gasteiger partial charge is 0.377 e. The third kappa shape index (κ3) is 4.72. The maximum Gasteiger partial charge on any atom is 0.109 e. The summed E-state index contributed by atoms with van der Waals surface area (Å²) < 4.78 is 0. The Morgan fingerprint density at radius 3 is 2.36 bits per heavy atom. The van der Waals surface area contributed by atoms with Crippen molar-refractivity contribution >= 4 is 33.9 Å². The second-order valence-electron chi connectivity index (χ2n) is 8.42. The van der Waals surface area contributed by atoms with Crippen molar-refractivity contribution in [3.63, 3.8) is 0 Å². The molecule has 3 aromatic carbocycles. The van der Waals surface area contributed by atoms with E-state index in [0.29, 0.717) is 21.8 Å². The molecule has 0 amide bonds. The van der Waals surface area contributed by atoms with Crippen LogP contribution < -0.4 is 10.6 Å². The van der Waals surface area contributed by atoms with Crippen LogP contribution in [-0.4, -0.2) is 20.4 Å². The summed E-state index contributed by atoms with van der Waals surface area (Å²) in [6, 6.07) is 26.1. The van der Waals surface area contributed by atoms with Gasteiger partial charge in [0.15, 0.2) is 0 Å². The molecule has 0 radical (unpaired) electrons. The van der Waals surface area contributed by atoms with E-state index in [4.69, 9.17) is 11.6 Å². The summed E-state index contributed by atoms with van der Waals surface area (Å²) in [6.45, 7) is 2.11. The van der Waals surface area contributed by atoms with E-state index in [1.165, 1.54) is 0 Å². The zero-order valence-corrected chi connectivity index (χ0v) is 20.4. The Bertz CT molecular complexity index is 1500. The monoisotopic (exact) mass is 493 g/mol. The minimum Gasteiger partial charge on any atom is -0.377 e. The van der Waals surface area contributed by atoms with Gasteiger partial charge in [-0.3, -0.25) is 10.1 Å². The van der Waals surface area contributed by atoms with Crippen molar-refractivity contribution in [2.45, 2.75) is 25.4 Å². The molecule has 0 aliphatic heterocycles. The highest BCUT2D eigenvalue weighted by Crippen LogP contribution is 2.37. The smallest absolute Gasteiger partial charge is 0.109 e. The summed E-state index contributed by atoms with van der Waals surface area (Å²) >= 11 is 6.72.